The zero-order valence-corrected chi connectivity index (χ0v) is 10.3. The lowest BCUT2D eigenvalue weighted by Gasteiger charge is -2.25. The van der Waals surface area contributed by atoms with E-state index in [2.05, 4.69) is 5.32 Å². The Morgan fingerprint density at radius 3 is 2.56 bits per heavy atom. The van der Waals surface area contributed by atoms with Crippen molar-refractivity contribution in [1.82, 2.24) is 5.32 Å². The molecule has 0 aromatic rings. The van der Waals surface area contributed by atoms with Crippen molar-refractivity contribution in [3.8, 4) is 0 Å². The Morgan fingerprint density at radius 1 is 1.19 bits per heavy atom. The molecule has 94 valence electrons. The zero-order valence-electron chi connectivity index (χ0n) is 10.3. The van der Waals surface area contributed by atoms with Gasteiger partial charge in [0.1, 0.15) is 0 Å². The van der Waals surface area contributed by atoms with Gasteiger partial charge in [-0.2, -0.15) is 0 Å². The van der Waals surface area contributed by atoms with Crippen molar-refractivity contribution < 1.29 is 4.79 Å². The maximum Gasteiger partial charge on any atom is 0.219 e. The molecule has 0 radical (unpaired) electrons. The summed E-state index contributed by atoms with van der Waals surface area (Å²) in [6, 6.07) is 0. The highest BCUT2D eigenvalue weighted by Crippen LogP contribution is 2.28. The molecule has 0 saturated heterocycles. The van der Waals surface area contributed by atoms with Crippen LogP contribution in [-0.2, 0) is 4.79 Å². The Hall–Kier alpha value is -0.570. The average Bonchev–Trinajstić information content (AvgIpc) is 2.21. The fourth-order valence-electron chi connectivity index (χ4n) is 2.07. The molecular formula is C13H26N2O. The van der Waals surface area contributed by atoms with Gasteiger partial charge in [-0.1, -0.05) is 32.1 Å². The highest BCUT2D eigenvalue weighted by molar-refractivity contribution is 5.75. The van der Waals surface area contributed by atoms with Gasteiger partial charge in [0.2, 0.25) is 5.91 Å². The molecule has 0 aliphatic heterocycles. The molecule has 0 aromatic carbocycles. The molecule has 1 aliphatic carbocycles. The van der Waals surface area contributed by atoms with Crippen LogP contribution in [0.5, 0.6) is 0 Å². The number of carbonyl (C=O) groups excluding carboxylic acids is 1. The van der Waals surface area contributed by atoms with Gasteiger partial charge in [0.05, 0.1) is 0 Å². The van der Waals surface area contributed by atoms with Gasteiger partial charge in [-0.25, -0.2) is 0 Å². The Bertz CT molecular complexity index is 190. The molecule has 3 nitrogen and oxygen atoms in total. The third-order valence-corrected chi connectivity index (χ3v) is 3.46. The lowest BCUT2D eigenvalue weighted by Crippen LogP contribution is -2.27. The van der Waals surface area contributed by atoms with Crippen LogP contribution in [0.15, 0.2) is 0 Å². The molecule has 0 atom stereocenters. The van der Waals surface area contributed by atoms with Crippen LogP contribution in [0.2, 0.25) is 0 Å². The van der Waals surface area contributed by atoms with Gasteiger partial charge in [0.15, 0.2) is 0 Å². The molecule has 0 spiro atoms. The largest absolute Gasteiger partial charge is 0.356 e. The minimum Gasteiger partial charge on any atom is -0.356 e. The van der Waals surface area contributed by atoms with Gasteiger partial charge in [0.25, 0.3) is 0 Å². The highest BCUT2D eigenvalue weighted by Gasteiger charge is 2.16. The highest BCUT2D eigenvalue weighted by atomic mass is 16.1. The molecule has 1 saturated carbocycles. The van der Waals surface area contributed by atoms with E-state index in [1.165, 1.54) is 25.7 Å². The summed E-state index contributed by atoms with van der Waals surface area (Å²) >= 11 is 0. The molecule has 1 aliphatic rings. The Balaban J connectivity index is 1.82. The summed E-state index contributed by atoms with van der Waals surface area (Å²) in [4.78, 5) is 11.4. The quantitative estimate of drug-likeness (QED) is 0.592. The Kier molecular flexibility index (Phi) is 7.23. The summed E-state index contributed by atoms with van der Waals surface area (Å²) in [5.41, 5.74) is 5.40. The van der Waals surface area contributed by atoms with Crippen LogP contribution in [0.1, 0.15) is 57.8 Å². The van der Waals surface area contributed by atoms with Crippen molar-refractivity contribution in [1.29, 1.82) is 0 Å². The molecule has 3 heteroatoms. The maximum atomic E-state index is 11.4. The van der Waals surface area contributed by atoms with Crippen molar-refractivity contribution in [3.05, 3.63) is 0 Å². The lowest BCUT2D eigenvalue weighted by molar-refractivity contribution is -0.121. The number of carbonyl (C=O) groups is 1. The predicted octanol–water partition coefficient (Wildman–Crippen LogP) is 2.20. The standard InChI is InChI=1S/C13H26N2O/c14-10-4-2-1-3-8-13(16)15-11-9-12-6-5-7-12/h12H,1-11,14H2,(H,15,16). The van der Waals surface area contributed by atoms with Gasteiger partial charge in [-0.3, -0.25) is 4.79 Å². The molecule has 3 N–H and O–H groups in total. The van der Waals surface area contributed by atoms with Crippen LogP contribution in [0.25, 0.3) is 0 Å². The van der Waals surface area contributed by atoms with Gasteiger partial charge in [0, 0.05) is 13.0 Å². The van der Waals surface area contributed by atoms with Crippen molar-refractivity contribution in [2.75, 3.05) is 13.1 Å². The SMILES string of the molecule is NCCCCCCC(=O)NCCC1CCC1. The summed E-state index contributed by atoms with van der Waals surface area (Å²) in [6.07, 6.45) is 10.4. The van der Waals surface area contributed by atoms with E-state index in [9.17, 15) is 4.79 Å². The van der Waals surface area contributed by atoms with Crippen molar-refractivity contribution >= 4 is 5.91 Å². The number of hydrogen-bond acceptors (Lipinski definition) is 2. The second kappa shape index (κ2) is 8.57. The van der Waals surface area contributed by atoms with Crippen LogP contribution in [0, 0.1) is 5.92 Å². The fourth-order valence-corrected chi connectivity index (χ4v) is 2.07. The van der Waals surface area contributed by atoms with Crippen molar-refractivity contribution in [2.45, 2.75) is 57.8 Å². The molecule has 0 bridgehead atoms. The molecule has 16 heavy (non-hydrogen) atoms. The second-order valence-electron chi connectivity index (χ2n) is 4.89. The molecular weight excluding hydrogens is 200 g/mol. The van der Waals surface area contributed by atoms with Crippen molar-refractivity contribution in [2.24, 2.45) is 11.7 Å². The first kappa shape index (κ1) is 13.5. The van der Waals surface area contributed by atoms with Gasteiger partial charge in [-0.15, -0.1) is 0 Å². The van der Waals surface area contributed by atoms with E-state index >= 15 is 0 Å². The number of unbranched alkanes of at least 4 members (excludes halogenated alkanes) is 3. The summed E-state index contributed by atoms with van der Waals surface area (Å²) < 4.78 is 0. The summed E-state index contributed by atoms with van der Waals surface area (Å²) in [5.74, 6) is 1.12. The topological polar surface area (TPSA) is 55.1 Å². The van der Waals surface area contributed by atoms with E-state index in [0.29, 0.717) is 6.42 Å². The molecule has 0 heterocycles. The minimum absolute atomic E-state index is 0.229. The summed E-state index contributed by atoms with van der Waals surface area (Å²) in [7, 11) is 0. The number of nitrogens with two attached hydrogens (primary N) is 1. The Morgan fingerprint density at radius 2 is 1.94 bits per heavy atom. The van der Waals surface area contributed by atoms with E-state index in [0.717, 1.165) is 44.7 Å². The van der Waals surface area contributed by atoms with Crippen LogP contribution in [0.4, 0.5) is 0 Å². The number of nitrogens with one attached hydrogen (secondary N) is 1. The van der Waals surface area contributed by atoms with Crippen LogP contribution in [0.3, 0.4) is 0 Å². The molecule has 1 fully saturated rings. The van der Waals surface area contributed by atoms with Crippen molar-refractivity contribution in [3.63, 3.8) is 0 Å². The lowest BCUT2D eigenvalue weighted by atomic mass is 9.83. The number of rotatable bonds is 9. The first-order valence-electron chi connectivity index (χ1n) is 6.79. The number of amides is 1. The van der Waals surface area contributed by atoms with Gasteiger partial charge >= 0.3 is 0 Å². The van der Waals surface area contributed by atoms with E-state index in [1.54, 1.807) is 0 Å². The van der Waals surface area contributed by atoms with E-state index < -0.39 is 0 Å². The molecule has 0 aromatic heterocycles. The van der Waals surface area contributed by atoms with Crippen LogP contribution >= 0.6 is 0 Å². The predicted molar refractivity (Wildman–Crippen MR) is 67.1 cm³/mol. The van der Waals surface area contributed by atoms with E-state index in [-0.39, 0.29) is 5.91 Å². The normalized spacial score (nSPS) is 15.8. The summed E-state index contributed by atoms with van der Waals surface area (Å²) in [5, 5.41) is 3.01. The van der Waals surface area contributed by atoms with Crippen LogP contribution < -0.4 is 11.1 Å². The first-order chi connectivity index (χ1) is 7.83. The minimum atomic E-state index is 0.229. The third-order valence-electron chi connectivity index (χ3n) is 3.46. The van der Waals surface area contributed by atoms with E-state index in [4.69, 9.17) is 5.73 Å². The van der Waals surface area contributed by atoms with Gasteiger partial charge in [-0.05, 0) is 31.7 Å². The smallest absolute Gasteiger partial charge is 0.219 e. The average molecular weight is 226 g/mol. The molecule has 1 amide bonds. The van der Waals surface area contributed by atoms with E-state index in [1.807, 2.05) is 0 Å². The zero-order chi connectivity index (χ0) is 11.6. The third kappa shape index (κ3) is 6.11. The van der Waals surface area contributed by atoms with Crippen LogP contribution in [-0.4, -0.2) is 19.0 Å². The Labute approximate surface area is 99.2 Å². The second-order valence-corrected chi connectivity index (χ2v) is 4.89. The first-order valence-corrected chi connectivity index (χ1v) is 6.79. The maximum absolute atomic E-state index is 11.4. The molecule has 1 rings (SSSR count). The molecule has 0 unspecified atom stereocenters. The summed E-state index contributed by atoms with van der Waals surface area (Å²) in [6.45, 7) is 1.65. The number of hydrogen-bond donors (Lipinski definition) is 2. The van der Waals surface area contributed by atoms with Gasteiger partial charge < -0.3 is 11.1 Å². The monoisotopic (exact) mass is 226 g/mol. The fraction of sp³-hybridized carbons (Fsp3) is 0.923.